The van der Waals surface area contributed by atoms with Crippen LogP contribution in [0.15, 0.2) is 72.8 Å². The van der Waals surface area contributed by atoms with Crippen molar-refractivity contribution in [2.75, 3.05) is 0 Å². The normalized spacial score (nSPS) is 10.9. The second-order valence-electron chi connectivity index (χ2n) is 5.79. The van der Waals surface area contributed by atoms with Gasteiger partial charge >= 0.3 is 0 Å². The van der Waals surface area contributed by atoms with Crippen LogP contribution in [-0.2, 0) is 22.4 Å². The van der Waals surface area contributed by atoms with E-state index in [-0.39, 0.29) is 22.4 Å². The predicted molar refractivity (Wildman–Crippen MR) is 96.6 cm³/mol. The summed E-state index contributed by atoms with van der Waals surface area (Å²) in [5.41, 5.74) is 6.12. The Morgan fingerprint density at radius 2 is 1.04 bits per heavy atom. The van der Waals surface area contributed by atoms with Crippen molar-refractivity contribution >= 4 is 22.1 Å². The van der Waals surface area contributed by atoms with E-state index in [9.17, 15) is 0 Å². The van der Waals surface area contributed by atoms with Crippen LogP contribution >= 0.6 is 0 Å². The van der Waals surface area contributed by atoms with E-state index in [1.807, 2.05) is 54.6 Å². The molecule has 0 aliphatic carbocycles. The summed E-state index contributed by atoms with van der Waals surface area (Å²) in [6, 6.07) is 24.4. The fourth-order valence-corrected chi connectivity index (χ4v) is 2.99. The summed E-state index contributed by atoms with van der Waals surface area (Å²) in [5, 5.41) is 0. The van der Waals surface area contributed by atoms with E-state index >= 15 is 0 Å². The third-order valence-electron chi connectivity index (χ3n) is 4.19. The molecule has 0 saturated heterocycles. The van der Waals surface area contributed by atoms with Gasteiger partial charge in [0.2, 0.25) is 0 Å². The summed E-state index contributed by atoms with van der Waals surface area (Å²) in [4.78, 5) is 16.1. The first-order chi connectivity index (χ1) is 11.9. The molecular formula is C20H14AgN4. The van der Waals surface area contributed by atoms with Gasteiger partial charge in [0.25, 0.3) is 0 Å². The van der Waals surface area contributed by atoms with Crippen LogP contribution in [0, 0.1) is 0 Å². The van der Waals surface area contributed by atoms with Gasteiger partial charge in [0.1, 0.15) is 11.6 Å². The van der Waals surface area contributed by atoms with Crippen molar-refractivity contribution in [3.63, 3.8) is 0 Å². The molecule has 0 bridgehead atoms. The monoisotopic (exact) mass is 417 g/mol. The molecule has 125 valence electrons. The number of aromatic nitrogens is 4. The fraction of sp³-hybridized carbons (Fsp3) is 0. The number of rotatable bonds is 2. The van der Waals surface area contributed by atoms with Gasteiger partial charge in [0.05, 0.1) is 22.1 Å². The SMILES string of the molecule is [Ag].c1cc(-c2nc3ccccc3[nH]2)cc(-c2nc3ccccc3[nH]2)c1. The fourth-order valence-electron chi connectivity index (χ4n) is 2.99. The van der Waals surface area contributed by atoms with Crippen LogP contribution in [0.2, 0.25) is 0 Å². The van der Waals surface area contributed by atoms with E-state index in [0.29, 0.717) is 0 Å². The zero-order chi connectivity index (χ0) is 15.9. The summed E-state index contributed by atoms with van der Waals surface area (Å²) in [5.74, 6) is 1.74. The number of fused-ring (bicyclic) bond motifs is 2. The van der Waals surface area contributed by atoms with E-state index in [0.717, 1.165) is 44.8 Å². The Hall–Kier alpha value is -2.66. The predicted octanol–water partition coefficient (Wildman–Crippen LogP) is 4.77. The molecule has 0 saturated carbocycles. The molecule has 0 aliphatic heterocycles. The Morgan fingerprint density at radius 1 is 0.560 bits per heavy atom. The number of hydrogen-bond donors (Lipinski definition) is 2. The molecule has 0 aliphatic rings. The van der Waals surface area contributed by atoms with Crippen molar-refractivity contribution in [1.29, 1.82) is 0 Å². The summed E-state index contributed by atoms with van der Waals surface area (Å²) in [6.07, 6.45) is 0. The van der Waals surface area contributed by atoms with Gasteiger partial charge in [-0.05, 0) is 30.3 Å². The number of benzene rings is 3. The standard InChI is InChI=1S/C20H14N4.Ag/c1-2-9-16-15(8-1)21-19(22-16)13-6-5-7-14(12-13)20-23-17-10-3-4-11-18(17)24-20;/h1-12H,(H,21,22)(H,23,24);. The van der Waals surface area contributed by atoms with Crippen molar-refractivity contribution in [2.24, 2.45) is 0 Å². The van der Waals surface area contributed by atoms with Gasteiger partial charge in [0.15, 0.2) is 0 Å². The maximum Gasteiger partial charge on any atom is 0.138 e. The smallest absolute Gasteiger partial charge is 0.138 e. The third kappa shape index (κ3) is 2.81. The molecule has 5 aromatic rings. The molecule has 0 atom stereocenters. The minimum absolute atomic E-state index is 0. The van der Waals surface area contributed by atoms with Gasteiger partial charge in [0, 0.05) is 33.5 Å². The van der Waals surface area contributed by atoms with Crippen molar-refractivity contribution < 1.29 is 22.4 Å². The number of para-hydroxylation sites is 4. The third-order valence-corrected chi connectivity index (χ3v) is 4.19. The molecular weight excluding hydrogens is 404 g/mol. The first kappa shape index (κ1) is 15.8. The average molecular weight is 418 g/mol. The molecule has 2 heterocycles. The number of nitrogens with one attached hydrogen (secondary N) is 2. The largest absolute Gasteiger partial charge is 0.338 e. The van der Waals surface area contributed by atoms with Gasteiger partial charge in [-0.2, -0.15) is 0 Å². The molecule has 1 radical (unpaired) electrons. The van der Waals surface area contributed by atoms with Crippen LogP contribution in [0.5, 0.6) is 0 Å². The van der Waals surface area contributed by atoms with Crippen LogP contribution in [0.3, 0.4) is 0 Å². The van der Waals surface area contributed by atoms with E-state index in [1.165, 1.54) is 0 Å². The Balaban J connectivity index is 0.00000157. The number of imidazole rings is 2. The molecule has 2 aromatic heterocycles. The molecule has 0 spiro atoms. The van der Waals surface area contributed by atoms with Crippen molar-refractivity contribution in [2.45, 2.75) is 0 Å². The van der Waals surface area contributed by atoms with E-state index in [2.05, 4.69) is 38.1 Å². The van der Waals surface area contributed by atoms with Crippen molar-refractivity contribution in [1.82, 2.24) is 19.9 Å². The quantitative estimate of drug-likeness (QED) is 0.406. The number of nitrogens with zero attached hydrogens (tertiary/aromatic N) is 2. The first-order valence-corrected chi connectivity index (χ1v) is 7.87. The van der Waals surface area contributed by atoms with E-state index in [4.69, 9.17) is 0 Å². The Morgan fingerprint density at radius 3 is 1.52 bits per heavy atom. The Kier molecular flexibility index (Phi) is 4.01. The van der Waals surface area contributed by atoms with Crippen LogP contribution in [0.25, 0.3) is 44.8 Å². The minimum Gasteiger partial charge on any atom is -0.338 e. The summed E-state index contributed by atoms with van der Waals surface area (Å²) < 4.78 is 0. The second kappa shape index (κ2) is 6.33. The molecule has 5 heteroatoms. The minimum atomic E-state index is 0. The second-order valence-corrected chi connectivity index (χ2v) is 5.79. The zero-order valence-corrected chi connectivity index (χ0v) is 14.6. The van der Waals surface area contributed by atoms with Crippen LogP contribution in [0.1, 0.15) is 0 Å². The Labute approximate surface area is 159 Å². The maximum atomic E-state index is 4.67. The molecule has 0 unspecified atom stereocenters. The average Bonchev–Trinajstić information content (AvgIpc) is 3.26. The van der Waals surface area contributed by atoms with Gasteiger partial charge in [-0.3, -0.25) is 0 Å². The molecule has 0 amide bonds. The van der Waals surface area contributed by atoms with Gasteiger partial charge < -0.3 is 9.97 Å². The summed E-state index contributed by atoms with van der Waals surface area (Å²) in [6.45, 7) is 0. The maximum absolute atomic E-state index is 4.67. The van der Waals surface area contributed by atoms with Gasteiger partial charge in [-0.1, -0.05) is 42.5 Å². The van der Waals surface area contributed by atoms with Crippen LogP contribution in [-0.4, -0.2) is 19.9 Å². The summed E-state index contributed by atoms with van der Waals surface area (Å²) >= 11 is 0. The van der Waals surface area contributed by atoms with Crippen molar-refractivity contribution in [3.8, 4) is 22.8 Å². The molecule has 3 aromatic carbocycles. The van der Waals surface area contributed by atoms with Crippen molar-refractivity contribution in [3.05, 3.63) is 72.8 Å². The molecule has 25 heavy (non-hydrogen) atoms. The first-order valence-electron chi connectivity index (χ1n) is 7.87. The molecule has 0 fully saturated rings. The zero-order valence-electron chi connectivity index (χ0n) is 13.1. The summed E-state index contributed by atoms with van der Waals surface area (Å²) in [7, 11) is 0. The van der Waals surface area contributed by atoms with Crippen LogP contribution in [0.4, 0.5) is 0 Å². The van der Waals surface area contributed by atoms with Crippen LogP contribution < -0.4 is 0 Å². The number of H-pyrrole nitrogens is 2. The topological polar surface area (TPSA) is 57.4 Å². The Bertz CT molecular complexity index is 1020. The van der Waals surface area contributed by atoms with E-state index < -0.39 is 0 Å². The van der Waals surface area contributed by atoms with Gasteiger partial charge in [-0.25, -0.2) is 9.97 Å². The molecule has 5 rings (SSSR count). The molecule has 2 N–H and O–H groups in total. The number of hydrogen-bond acceptors (Lipinski definition) is 2. The van der Waals surface area contributed by atoms with Gasteiger partial charge in [-0.15, -0.1) is 0 Å². The number of aromatic amines is 2. The van der Waals surface area contributed by atoms with E-state index in [1.54, 1.807) is 0 Å². The molecule has 4 nitrogen and oxygen atoms in total.